The smallest absolute Gasteiger partial charge is 0.224 e. The number of hydrogen-bond donors (Lipinski definition) is 2. The lowest BCUT2D eigenvalue weighted by atomic mass is 10.2. The average Bonchev–Trinajstić information content (AvgIpc) is 2.59. The number of nitrogens with zero attached hydrogens (tertiary/aromatic N) is 4. The molecule has 0 spiro atoms. The lowest BCUT2D eigenvalue weighted by Crippen LogP contribution is -2.49. The van der Waals surface area contributed by atoms with Gasteiger partial charge in [-0.05, 0) is 12.1 Å². The largest absolute Gasteiger partial charge is 0.359 e. The molecule has 0 radical (unpaired) electrons. The van der Waals surface area contributed by atoms with Crippen LogP contribution in [0.15, 0.2) is 29.4 Å². The molecule has 1 fully saturated rings. The van der Waals surface area contributed by atoms with E-state index in [1.807, 2.05) is 23.1 Å². The van der Waals surface area contributed by atoms with E-state index in [-0.39, 0.29) is 5.91 Å². The number of guanidine groups is 1. The van der Waals surface area contributed by atoms with E-state index in [2.05, 4.69) is 25.5 Å². The van der Waals surface area contributed by atoms with Gasteiger partial charge in [-0.25, -0.2) is 4.98 Å². The Balaban J connectivity index is 1.73. The number of piperazine rings is 1. The van der Waals surface area contributed by atoms with E-state index in [0.29, 0.717) is 18.9 Å². The van der Waals surface area contributed by atoms with Crippen LogP contribution in [-0.2, 0) is 4.79 Å². The molecule has 0 atom stereocenters. The molecule has 2 rings (SSSR count). The highest BCUT2D eigenvalue weighted by molar-refractivity contribution is 5.81. The third kappa shape index (κ3) is 4.34. The van der Waals surface area contributed by atoms with Crippen molar-refractivity contribution in [3.05, 3.63) is 24.4 Å². The molecule has 0 aliphatic carbocycles. The molecule has 0 aromatic carbocycles. The Morgan fingerprint density at radius 2 is 2.09 bits per heavy atom. The molecule has 1 amide bonds. The summed E-state index contributed by atoms with van der Waals surface area (Å²) in [7, 11) is 3.51. The van der Waals surface area contributed by atoms with E-state index >= 15 is 0 Å². The second-order valence-corrected chi connectivity index (χ2v) is 5.05. The SMILES string of the molecule is CN=C(NC)NCCC(=O)N1CCN(c2ccccn2)CC1. The fourth-order valence-corrected chi connectivity index (χ4v) is 2.45. The Kier molecular flexibility index (Phi) is 6.00. The molecule has 2 heterocycles. The first-order valence-corrected chi connectivity index (χ1v) is 7.56. The van der Waals surface area contributed by atoms with Crippen LogP contribution in [0.3, 0.4) is 0 Å². The molecule has 0 bridgehead atoms. The fourth-order valence-electron chi connectivity index (χ4n) is 2.45. The molecule has 7 heteroatoms. The van der Waals surface area contributed by atoms with Crippen molar-refractivity contribution >= 4 is 17.7 Å². The second-order valence-electron chi connectivity index (χ2n) is 5.05. The van der Waals surface area contributed by atoms with E-state index < -0.39 is 0 Å². The van der Waals surface area contributed by atoms with Crippen molar-refractivity contribution in [2.45, 2.75) is 6.42 Å². The third-order valence-electron chi connectivity index (χ3n) is 3.70. The standard InChI is InChI=1S/C15H24N6O/c1-16-15(17-2)19-8-6-14(22)21-11-9-20(10-12-21)13-5-3-4-7-18-13/h3-5,7H,6,8-12H2,1-2H3,(H2,16,17,19). The highest BCUT2D eigenvalue weighted by Crippen LogP contribution is 2.12. The predicted octanol–water partition coefficient (Wildman–Crippen LogP) is -0.0849. The van der Waals surface area contributed by atoms with E-state index in [0.717, 1.165) is 32.0 Å². The van der Waals surface area contributed by atoms with Crippen LogP contribution in [0.25, 0.3) is 0 Å². The lowest BCUT2D eigenvalue weighted by Gasteiger charge is -2.35. The Labute approximate surface area is 131 Å². The predicted molar refractivity (Wildman–Crippen MR) is 88.1 cm³/mol. The summed E-state index contributed by atoms with van der Waals surface area (Å²) in [5, 5.41) is 6.02. The number of aliphatic imine (C=N–C) groups is 1. The Bertz CT molecular complexity index is 496. The highest BCUT2D eigenvalue weighted by atomic mass is 16.2. The molecule has 0 saturated carbocycles. The van der Waals surface area contributed by atoms with Crippen molar-refractivity contribution < 1.29 is 4.79 Å². The summed E-state index contributed by atoms with van der Waals surface area (Å²) < 4.78 is 0. The molecule has 1 aliphatic rings. The fraction of sp³-hybridized carbons (Fsp3) is 0.533. The van der Waals surface area contributed by atoms with Gasteiger partial charge < -0.3 is 20.4 Å². The maximum Gasteiger partial charge on any atom is 0.224 e. The Hall–Kier alpha value is -2.31. The number of amides is 1. The van der Waals surface area contributed by atoms with Gasteiger partial charge in [-0.2, -0.15) is 0 Å². The second kappa shape index (κ2) is 8.21. The van der Waals surface area contributed by atoms with Gasteiger partial charge in [0.05, 0.1) is 0 Å². The number of rotatable bonds is 4. The van der Waals surface area contributed by atoms with Gasteiger partial charge in [0.1, 0.15) is 5.82 Å². The summed E-state index contributed by atoms with van der Waals surface area (Å²) in [6.07, 6.45) is 2.28. The monoisotopic (exact) mass is 304 g/mol. The molecular weight excluding hydrogens is 280 g/mol. The Morgan fingerprint density at radius 3 is 2.68 bits per heavy atom. The van der Waals surface area contributed by atoms with Crippen LogP contribution >= 0.6 is 0 Å². The average molecular weight is 304 g/mol. The van der Waals surface area contributed by atoms with Gasteiger partial charge in [0.2, 0.25) is 5.91 Å². The number of carbonyl (C=O) groups excluding carboxylic acids is 1. The first-order valence-electron chi connectivity index (χ1n) is 7.56. The molecule has 1 aromatic heterocycles. The van der Waals surface area contributed by atoms with Crippen LogP contribution in [0.2, 0.25) is 0 Å². The molecule has 1 aromatic rings. The van der Waals surface area contributed by atoms with Crippen molar-refractivity contribution in [1.29, 1.82) is 0 Å². The van der Waals surface area contributed by atoms with Crippen molar-refractivity contribution in [2.75, 3.05) is 51.7 Å². The topological polar surface area (TPSA) is 72.9 Å². The van der Waals surface area contributed by atoms with Gasteiger partial charge in [0, 0.05) is 59.4 Å². The van der Waals surface area contributed by atoms with Crippen molar-refractivity contribution in [3.63, 3.8) is 0 Å². The van der Waals surface area contributed by atoms with Gasteiger partial charge >= 0.3 is 0 Å². The third-order valence-corrected chi connectivity index (χ3v) is 3.70. The number of carbonyl (C=O) groups is 1. The van der Waals surface area contributed by atoms with Crippen LogP contribution in [0.1, 0.15) is 6.42 Å². The Morgan fingerprint density at radius 1 is 1.32 bits per heavy atom. The van der Waals surface area contributed by atoms with Crippen LogP contribution < -0.4 is 15.5 Å². The summed E-state index contributed by atoms with van der Waals surface area (Å²) >= 11 is 0. The van der Waals surface area contributed by atoms with E-state index in [1.165, 1.54) is 0 Å². The van der Waals surface area contributed by atoms with Gasteiger partial charge in [-0.15, -0.1) is 0 Å². The van der Waals surface area contributed by atoms with Crippen molar-refractivity contribution in [1.82, 2.24) is 20.5 Å². The molecule has 7 nitrogen and oxygen atoms in total. The zero-order valence-electron chi connectivity index (χ0n) is 13.2. The quantitative estimate of drug-likeness (QED) is 0.601. The summed E-state index contributed by atoms with van der Waals surface area (Å²) in [5.41, 5.74) is 0. The highest BCUT2D eigenvalue weighted by Gasteiger charge is 2.21. The van der Waals surface area contributed by atoms with Crippen LogP contribution in [0.4, 0.5) is 5.82 Å². The van der Waals surface area contributed by atoms with Crippen LogP contribution in [0.5, 0.6) is 0 Å². The number of hydrogen-bond acceptors (Lipinski definition) is 4. The molecule has 120 valence electrons. The van der Waals surface area contributed by atoms with Crippen LogP contribution in [0, 0.1) is 0 Å². The van der Waals surface area contributed by atoms with Gasteiger partial charge in [-0.1, -0.05) is 6.07 Å². The van der Waals surface area contributed by atoms with E-state index in [1.54, 1.807) is 20.3 Å². The van der Waals surface area contributed by atoms with Crippen molar-refractivity contribution in [3.8, 4) is 0 Å². The number of pyridine rings is 1. The number of aromatic nitrogens is 1. The first kappa shape index (κ1) is 16.1. The zero-order valence-corrected chi connectivity index (χ0v) is 13.2. The minimum Gasteiger partial charge on any atom is -0.359 e. The molecule has 2 N–H and O–H groups in total. The van der Waals surface area contributed by atoms with Crippen molar-refractivity contribution in [2.24, 2.45) is 4.99 Å². The maximum absolute atomic E-state index is 12.2. The summed E-state index contributed by atoms with van der Waals surface area (Å²) in [5.74, 6) is 1.86. The minimum absolute atomic E-state index is 0.180. The van der Waals surface area contributed by atoms with E-state index in [9.17, 15) is 4.79 Å². The van der Waals surface area contributed by atoms with Gasteiger partial charge in [0.15, 0.2) is 5.96 Å². The van der Waals surface area contributed by atoms with Gasteiger partial charge in [-0.3, -0.25) is 9.79 Å². The lowest BCUT2D eigenvalue weighted by molar-refractivity contribution is -0.131. The first-order chi connectivity index (χ1) is 10.7. The minimum atomic E-state index is 0.180. The zero-order chi connectivity index (χ0) is 15.8. The summed E-state index contributed by atoms with van der Waals surface area (Å²) in [6.45, 7) is 3.74. The van der Waals surface area contributed by atoms with Crippen LogP contribution in [-0.4, -0.2) is 68.6 Å². The number of nitrogens with one attached hydrogen (secondary N) is 2. The van der Waals surface area contributed by atoms with Gasteiger partial charge in [0.25, 0.3) is 0 Å². The summed E-state index contributed by atoms with van der Waals surface area (Å²) in [6, 6.07) is 5.90. The molecule has 1 saturated heterocycles. The maximum atomic E-state index is 12.2. The normalized spacial score (nSPS) is 15.6. The molecule has 0 unspecified atom stereocenters. The molecular formula is C15H24N6O. The molecule has 1 aliphatic heterocycles. The van der Waals surface area contributed by atoms with E-state index in [4.69, 9.17) is 0 Å². The molecule has 22 heavy (non-hydrogen) atoms. The summed E-state index contributed by atoms with van der Waals surface area (Å²) in [4.78, 5) is 24.7. The number of anilines is 1.